The Kier molecular flexibility index (Phi) is 5.87. The van der Waals surface area contributed by atoms with Crippen LogP contribution in [0.1, 0.15) is 17.3 Å². The van der Waals surface area contributed by atoms with E-state index in [1.165, 1.54) is 36.0 Å². The molecule has 3 N–H and O–H groups in total. The molecule has 2 heterocycles. The number of aliphatic hydroxyl groups is 1. The van der Waals surface area contributed by atoms with Crippen LogP contribution in [0.25, 0.3) is 5.52 Å². The molecular formula is C17H15F2IN4O3. The number of nitrogens with zero attached hydrogens (tertiary/aromatic N) is 2. The summed E-state index contributed by atoms with van der Waals surface area (Å²) in [6.07, 6.45) is 1.80. The molecule has 1 atom stereocenters. The summed E-state index contributed by atoms with van der Waals surface area (Å²) in [6.45, 7) is 1.34. The van der Waals surface area contributed by atoms with Crippen LogP contribution < -0.4 is 10.8 Å². The maximum absolute atomic E-state index is 14.3. The summed E-state index contributed by atoms with van der Waals surface area (Å²) in [6, 6.07) is 5.52. The molecule has 27 heavy (non-hydrogen) atoms. The van der Waals surface area contributed by atoms with Gasteiger partial charge in [-0.05, 0) is 53.8 Å². The maximum Gasteiger partial charge on any atom is 0.278 e. The molecule has 0 bridgehead atoms. The number of halogens is 3. The average molecular weight is 488 g/mol. The van der Waals surface area contributed by atoms with Gasteiger partial charge in [-0.2, -0.15) is 0 Å². The minimum Gasteiger partial charge on any atom is -0.391 e. The fourth-order valence-electron chi connectivity index (χ4n) is 2.35. The SMILES string of the molecule is C[C@H](O)CONC(=O)c1cc(F)c2cncn2c1Nc1ccc(I)cc1F. The number of amides is 1. The molecule has 0 radical (unpaired) electrons. The maximum atomic E-state index is 14.3. The van der Waals surface area contributed by atoms with Crippen LogP contribution in [0.5, 0.6) is 0 Å². The zero-order chi connectivity index (χ0) is 19.6. The largest absolute Gasteiger partial charge is 0.391 e. The first kappa shape index (κ1) is 19.5. The Hall–Kier alpha value is -2.31. The molecule has 0 saturated heterocycles. The van der Waals surface area contributed by atoms with Gasteiger partial charge in [-0.25, -0.2) is 19.2 Å². The quantitative estimate of drug-likeness (QED) is 0.367. The summed E-state index contributed by atoms with van der Waals surface area (Å²) in [7, 11) is 0. The molecule has 142 valence electrons. The van der Waals surface area contributed by atoms with E-state index in [2.05, 4.69) is 15.8 Å². The van der Waals surface area contributed by atoms with Gasteiger partial charge < -0.3 is 10.4 Å². The first-order chi connectivity index (χ1) is 12.9. The lowest BCUT2D eigenvalue weighted by Gasteiger charge is -2.16. The Labute approximate surface area is 166 Å². The number of benzene rings is 1. The van der Waals surface area contributed by atoms with E-state index in [4.69, 9.17) is 4.84 Å². The fourth-order valence-corrected chi connectivity index (χ4v) is 2.80. The number of carbonyl (C=O) groups is 1. The van der Waals surface area contributed by atoms with Crippen LogP contribution in [0, 0.1) is 15.2 Å². The van der Waals surface area contributed by atoms with E-state index in [1.54, 1.807) is 6.07 Å². The van der Waals surface area contributed by atoms with Gasteiger partial charge in [0, 0.05) is 3.57 Å². The lowest BCUT2D eigenvalue weighted by atomic mass is 10.2. The van der Waals surface area contributed by atoms with Crippen LogP contribution in [0.4, 0.5) is 20.3 Å². The van der Waals surface area contributed by atoms with Gasteiger partial charge in [0.1, 0.15) is 35.9 Å². The van der Waals surface area contributed by atoms with Crippen molar-refractivity contribution in [2.24, 2.45) is 0 Å². The van der Waals surface area contributed by atoms with Crippen molar-refractivity contribution < 1.29 is 23.5 Å². The van der Waals surface area contributed by atoms with Gasteiger partial charge in [-0.15, -0.1) is 0 Å². The van der Waals surface area contributed by atoms with Crippen molar-refractivity contribution in [1.82, 2.24) is 14.9 Å². The molecule has 1 aromatic carbocycles. The molecule has 0 aliphatic heterocycles. The highest BCUT2D eigenvalue weighted by molar-refractivity contribution is 14.1. The Morgan fingerprint density at radius 1 is 1.37 bits per heavy atom. The Morgan fingerprint density at radius 3 is 2.85 bits per heavy atom. The number of hydroxylamine groups is 1. The van der Waals surface area contributed by atoms with Crippen molar-refractivity contribution in [2.45, 2.75) is 13.0 Å². The number of aliphatic hydroxyl groups excluding tert-OH is 1. The number of imidazole rings is 1. The first-order valence-corrected chi connectivity index (χ1v) is 8.91. The smallest absolute Gasteiger partial charge is 0.278 e. The molecule has 0 aliphatic rings. The average Bonchev–Trinajstić information content (AvgIpc) is 3.09. The normalized spacial score (nSPS) is 12.2. The van der Waals surface area contributed by atoms with Crippen LogP contribution in [0.2, 0.25) is 0 Å². The second-order valence-electron chi connectivity index (χ2n) is 5.74. The van der Waals surface area contributed by atoms with E-state index >= 15 is 0 Å². The molecule has 0 aliphatic carbocycles. The number of pyridine rings is 1. The van der Waals surface area contributed by atoms with Gasteiger partial charge in [0.25, 0.3) is 5.91 Å². The van der Waals surface area contributed by atoms with Crippen molar-refractivity contribution in [3.05, 3.63) is 57.6 Å². The summed E-state index contributed by atoms with van der Waals surface area (Å²) in [4.78, 5) is 21.2. The second kappa shape index (κ2) is 8.15. The minimum atomic E-state index is -0.795. The third kappa shape index (κ3) is 4.34. The molecule has 0 fully saturated rings. The van der Waals surface area contributed by atoms with Crippen molar-refractivity contribution in [3.63, 3.8) is 0 Å². The van der Waals surface area contributed by atoms with Crippen LogP contribution >= 0.6 is 22.6 Å². The van der Waals surface area contributed by atoms with Crippen molar-refractivity contribution in [3.8, 4) is 0 Å². The molecule has 3 aromatic rings. The molecule has 0 saturated carbocycles. The van der Waals surface area contributed by atoms with E-state index in [0.29, 0.717) is 3.57 Å². The Bertz CT molecular complexity index is 994. The predicted octanol–water partition coefficient (Wildman–Crippen LogP) is 3.00. The number of anilines is 2. The highest BCUT2D eigenvalue weighted by Gasteiger charge is 2.20. The van der Waals surface area contributed by atoms with Crippen molar-refractivity contribution in [2.75, 3.05) is 11.9 Å². The number of rotatable bonds is 6. The number of fused-ring (bicyclic) bond motifs is 1. The molecule has 10 heteroatoms. The molecule has 0 unspecified atom stereocenters. The van der Waals surface area contributed by atoms with Gasteiger partial charge in [-0.3, -0.25) is 14.0 Å². The monoisotopic (exact) mass is 488 g/mol. The molecule has 7 nitrogen and oxygen atoms in total. The fraction of sp³-hybridized carbons (Fsp3) is 0.176. The number of nitrogens with one attached hydrogen (secondary N) is 2. The van der Waals surface area contributed by atoms with E-state index < -0.39 is 23.6 Å². The van der Waals surface area contributed by atoms with Crippen LogP contribution in [0.15, 0.2) is 36.8 Å². The third-order valence-corrected chi connectivity index (χ3v) is 4.24. The Balaban J connectivity index is 2.02. The summed E-state index contributed by atoms with van der Waals surface area (Å²) < 4.78 is 30.6. The highest BCUT2D eigenvalue weighted by atomic mass is 127. The molecule has 1 amide bonds. The first-order valence-electron chi connectivity index (χ1n) is 7.83. The number of aromatic nitrogens is 2. The van der Waals surface area contributed by atoms with Crippen LogP contribution in [-0.4, -0.2) is 33.1 Å². The van der Waals surface area contributed by atoms with Gasteiger partial charge in [0.2, 0.25) is 0 Å². The summed E-state index contributed by atoms with van der Waals surface area (Å²) >= 11 is 1.97. The highest BCUT2D eigenvalue weighted by Crippen LogP contribution is 2.27. The summed E-state index contributed by atoms with van der Waals surface area (Å²) in [5, 5.41) is 12.0. The lowest BCUT2D eigenvalue weighted by Crippen LogP contribution is -2.28. The predicted molar refractivity (Wildman–Crippen MR) is 103 cm³/mol. The van der Waals surface area contributed by atoms with Gasteiger partial charge in [0.05, 0.1) is 23.6 Å². The number of hydrogen-bond acceptors (Lipinski definition) is 5. The zero-order valence-electron chi connectivity index (χ0n) is 14.0. The van der Waals surface area contributed by atoms with Crippen LogP contribution in [-0.2, 0) is 4.84 Å². The second-order valence-corrected chi connectivity index (χ2v) is 6.99. The molecule has 2 aromatic heterocycles. The summed E-state index contributed by atoms with van der Waals surface area (Å²) in [5.74, 6) is -1.86. The van der Waals surface area contributed by atoms with E-state index in [9.17, 15) is 18.7 Å². The Morgan fingerprint density at radius 2 is 2.15 bits per heavy atom. The zero-order valence-corrected chi connectivity index (χ0v) is 16.2. The van der Waals surface area contributed by atoms with Crippen molar-refractivity contribution >= 4 is 45.5 Å². The number of hydrogen-bond donors (Lipinski definition) is 3. The third-order valence-electron chi connectivity index (χ3n) is 3.57. The lowest BCUT2D eigenvalue weighted by molar-refractivity contribution is -0.00686. The van der Waals surface area contributed by atoms with E-state index in [0.717, 1.165) is 6.07 Å². The molecule has 0 spiro atoms. The molecular weight excluding hydrogens is 473 g/mol. The van der Waals surface area contributed by atoms with Gasteiger partial charge in [-0.1, -0.05) is 0 Å². The standard InChI is InChI=1S/C17H15F2IN4O3/c1-9(25)7-27-23-17(26)11-5-13(19)15-6-21-8-24(15)16(11)22-14-3-2-10(20)4-12(14)18/h2-6,8-9,22,25H,7H2,1H3,(H,23,26)/t9-/m0/s1. The van der Waals surface area contributed by atoms with E-state index in [1.807, 2.05) is 22.6 Å². The topological polar surface area (TPSA) is 87.9 Å². The molecule has 3 rings (SSSR count). The van der Waals surface area contributed by atoms with Crippen LogP contribution in [0.3, 0.4) is 0 Å². The summed E-state index contributed by atoms with van der Waals surface area (Å²) in [5.41, 5.74) is 2.23. The van der Waals surface area contributed by atoms with Gasteiger partial charge in [0.15, 0.2) is 0 Å². The van der Waals surface area contributed by atoms with Crippen molar-refractivity contribution in [1.29, 1.82) is 0 Å². The minimum absolute atomic E-state index is 0.107. The number of carbonyl (C=O) groups excluding carboxylic acids is 1. The van der Waals surface area contributed by atoms with Gasteiger partial charge >= 0.3 is 0 Å². The van der Waals surface area contributed by atoms with E-state index in [-0.39, 0.29) is 29.2 Å².